The predicted molar refractivity (Wildman–Crippen MR) is 72.3 cm³/mol. The molecular weight excluding hydrogens is 240 g/mol. The molecule has 0 amide bonds. The van der Waals surface area contributed by atoms with Crippen molar-refractivity contribution >= 4 is 5.97 Å². The van der Waals surface area contributed by atoms with Crippen molar-refractivity contribution in [2.75, 3.05) is 0 Å². The molecule has 4 nitrogen and oxygen atoms in total. The number of hydrogen-bond donors (Lipinski definition) is 2. The van der Waals surface area contributed by atoms with Crippen LogP contribution in [0.4, 0.5) is 0 Å². The summed E-state index contributed by atoms with van der Waals surface area (Å²) in [5.41, 5.74) is 1.89. The van der Waals surface area contributed by atoms with Gasteiger partial charge in [-0.1, -0.05) is 19.8 Å². The van der Waals surface area contributed by atoms with Crippen molar-refractivity contribution in [2.24, 2.45) is 5.92 Å². The third-order valence-corrected chi connectivity index (χ3v) is 4.78. The number of fused-ring (bicyclic) bond motifs is 1. The Kier molecular flexibility index (Phi) is 3.33. The minimum Gasteiger partial charge on any atom is -0.481 e. The van der Waals surface area contributed by atoms with Crippen LogP contribution in [-0.2, 0) is 11.2 Å². The van der Waals surface area contributed by atoms with E-state index in [4.69, 9.17) is 0 Å². The zero-order valence-corrected chi connectivity index (χ0v) is 11.5. The molecule has 0 aliphatic heterocycles. The van der Waals surface area contributed by atoms with Crippen molar-refractivity contribution in [3.63, 3.8) is 0 Å². The first-order chi connectivity index (χ1) is 9.15. The molecule has 3 rings (SSSR count). The Labute approximate surface area is 113 Å². The number of rotatable bonds is 2. The summed E-state index contributed by atoms with van der Waals surface area (Å²) in [6.07, 6.45) is 7.53. The van der Waals surface area contributed by atoms with Gasteiger partial charge in [-0.15, -0.1) is 0 Å². The normalized spacial score (nSPS) is 30.9. The third kappa shape index (κ3) is 2.40. The Morgan fingerprint density at radius 3 is 2.68 bits per heavy atom. The van der Waals surface area contributed by atoms with Crippen LogP contribution in [0.2, 0.25) is 0 Å². The van der Waals surface area contributed by atoms with Crippen molar-refractivity contribution in [1.82, 2.24) is 9.97 Å². The maximum Gasteiger partial charge on any atom is 0.312 e. The number of H-pyrrole nitrogens is 1. The number of imidazole rings is 1. The Hall–Kier alpha value is -1.32. The Morgan fingerprint density at radius 1 is 1.26 bits per heavy atom. The summed E-state index contributed by atoms with van der Waals surface area (Å²) in [5.74, 6) is 1.27. The molecule has 2 aliphatic carbocycles. The van der Waals surface area contributed by atoms with Gasteiger partial charge in [-0.25, -0.2) is 4.98 Å². The molecule has 1 aromatic heterocycles. The van der Waals surface area contributed by atoms with Crippen LogP contribution < -0.4 is 0 Å². The smallest absolute Gasteiger partial charge is 0.312 e. The van der Waals surface area contributed by atoms with Crippen LogP contribution >= 0.6 is 0 Å². The van der Waals surface area contributed by atoms with Gasteiger partial charge in [0.05, 0.1) is 5.69 Å². The van der Waals surface area contributed by atoms with Gasteiger partial charge in [0.25, 0.3) is 0 Å². The van der Waals surface area contributed by atoms with Crippen LogP contribution in [-0.4, -0.2) is 21.0 Å². The van der Waals surface area contributed by atoms with Crippen molar-refractivity contribution in [3.8, 4) is 0 Å². The first-order valence-electron chi connectivity index (χ1n) is 7.46. The maximum atomic E-state index is 11.3. The largest absolute Gasteiger partial charge is 0.481 e. The van der Waals surface area contributed by atoms with Gasteiger partial charge >= 0.3 is 5.97 Å². The number of aryl methyl sites for hydroxylation is 1. The lowest BCUT2D eigenvalue weighted by Crippen LogP contribution is -2.18. The van der Waals surface area contributed by atoms with E-state index in [1.165, 1.54) is 25.7 Å². The number of aromatic amines is 1. The summed E-state index contributed by atoms with van der Waals surface area (Å²) in [5, 5.41) is 9.29. The lowest BCUT2D eigenvalue weighted by molar-refractivity contribution is -0.139. The maximum absolute atomic E-state index is 11.3. The van der Waals surface area contributed by atoms with E-state index in [1.807, 2.05) is 0 Å². The van der Waals surface area contributed by atoms with Gasteiger partial charge < -0.3 is 10.1 Å². The van der Waals surface area contributed by atoms with Gasteiger partial charge in [0, 0.05) is 11.6 Å². The first-order valence-corrected chi connectivity index (χ1v) is 7.46. The molecule has 0 bridgehead atoms. The molecule has 1 saturated carbocycles. The fourth-order valence-electron chi connectivity index (χ4n) is 3.51. The molecule has 0 aromatic carbocycles. The van der Waals surface area contributed by atoms with E-state index in [9.17, 15) is 9.90 Å². The number of aromatic nitrogens is 2. The zero-order valence-electron chi connectivity index (χ0n) is 11.5. The van der Waals surface area contributed by atoms with Crippen LogP contribution in [0.3, 0.4) is 0 Å². The van der Waals surface area contributed by atoms with Gasteiger partial charge in [0.15, 0.2) is 0 Å². The Balaban J connectivity index is 1.83. The van der Waals surface area contributed by atoms with Crippen LogP contribution in [0, 0.1) is 5.92 Å². The van der Waals surface area contributed by atoms with E-state index in [0.29, 0.717) is 5.92 Å². The number of nitrogens with zero attached hydrogens (tertiary/aromatic N) is 1. The molecule has 2 aliphatic rings. The highest BCUT2D eigenvalue weighted by Crippen LogP contribution is 2.37. The summed E-state index contributed by atoms with van der Waals surface area (Å²) in [4.78, 5) is 19.4. The standard InChI is InChI=1S/C15H22N2O2/c1-9-5-7-10(8-6-9)14-16-12-4-2-3-11(15(18)19)13(12)17-14/h9-11H,2-8H2,1H3,(H,16,17)(H,18,19). The van der Waals surface area contributed by atoms with E-state index in [2.05, 4.69) is 16.9 Å². The molecule has 19 heavy (non-hydrogen) atoms. The Morgan fingerprint density at radius 2 is 2.00 bits per heavy atom. The predicted octanol–water partition coefficient (Wildman–Crippen LogP) is 3.21. The van der Waals surface area contributed by atoms with Gasteiger partial charge in [-0.05, 0) is 38.0 Å². The second kappa shape index (κ2) is 4.99. The van der Waals surface area contributed by atoms with Crippen molar-refractivity contribution in [2.45, 2.75) is 63.7 Å². The van der Waals surface area contributed by atoms with E-state index >= 15 is 0 Å². The van der Waals surface area contributed by atoms with Crippen LogP contribution in [0.25, 0.3) is 0 Å². The van der Waals surface area contributed by atoms with Gasteiger partial charge in [-0.3, -0.25) is 4.79 Å². The second-order valence-electron chi connectivity index (χ2n) is 6.23. The summed E-state index contributed by atoms with van der Waals surface area (Å²) >= 11 is 0. The van der Waals surface area contributed by atoms with Crippen LogP contribution in [0.5, 0.6) is 0 Å². The topological polar surface area (TPSA) is 66.0 Å². The van der Waals surface area contributed by atoms with Gasteiger partial charge in [0.1, 0.15) is 11.7 Å². The number of nitrogens with one attached hydrogen (secondary N) is 1. The van der Waals surface area contributed by atoms with Crippen LogP contribution in [0.1, 0.15) is 74.5 Å². The SMILES string of the molecule is CC1CCC(c2nc3c([nH]2)CCCC3C(=O)O)CC1. The van der Waals surface area contributed by atoms with Crippen molar-refractivity contribution in [3.05, 3.63) is 17.2 Å². The first kappa shape index (κ1) is 12.7. The molecule has 1 aromatic rings. The number of hydrogen-bond acceptors (Lipinski definition) is 2. The zero-order chi connectivity index (χ0) is 13.4. The van der Waals surface area contributed by atoms with Gasteiger partial charge in [-0.2, -0.15) is 0 Å². The van der Waals surface area contributed by atoms with Gasteiger partial charge in [0.2, 0.25) is 0 Å². The average Bonchev–Trinajstić information content (AvgIpc) is 2.82. The number of carbonyl (C=O) groups is 1. The molecule has 0 radical (unpaired) electrons. The fourth-order valence-corrected chi connectivity index (χ4v) is 3.51. The lowest BCUT2D eigenvalue weighted by Gasteiger charge is -2.24. The second-order valence-corrected chi connectivity index (χ2v) is 6.23. The molecule has 4 heteroatoms. The molecule has 0 spiro atoms. The average molecular weight is 262 g/mol. The minimum absolute atomic E-state index is 0.392. The molecule has 1 atom stereocenters. The minimum atomic E-state index is -0.726. The lowest BCUT2D eigenvalue weighted by atomic mass is 9.83. The molecule has 104 valence electrons. The van der Waals surface area contributed by atoms with E-state index in [1.54, 1.807) is 0 Å². The highest BCUT2D eigenvalue weighted by Gasteiger charge is 2.31. The van der Waals surface area contributed by atoms with Crippen molar-refractivity contribution in [1.29, 1.82) is 0 Å². The summed E-state index contributed by atoms with van der Waals surface area (Å²) in [6.45, 7) is 2.31. The molecule has 1 heterocycles. The summed E-state index contributed by atoms with van der Waals surface area (Å²) in [6, 6.07) is 0. The monoisotopic (exact) mass is 262 g/mol. The molecule has 2 N–H and O–H groups in total. The molecule has 1 unspecified atom stereocenters. The quantitative estimate of drug-likeness (QED) is 0.860. The number of aliphatic carboxylic acids is 1. The van der Waals surface area contributed by atoms with Crippen LogP contribution in [0.15, 0.2) is 0 Å². The van der Waals surface area contributed by atoms with Crippen molar-refractivity contribution < 1.29 is 9.90 Å². The summed E-state index contributed by atoms with van der Waals surface area (Å²) in [7, 11) is 0. The molecule has 1 fully saturated rings. The van der Waals surface area contributed by atoms with E-state index in [0.717, 1.165) is 42.4 Å². The number of carboxylic acid groups (broad SMARTS) is 1. The fraction of sp³-hybridized carbons (Fsp3) is 0.733. The highest BCUT2D eigenvalue weighted by atomic mass is 16.4. The van der Waals surface area contributed by atoms with E-state index in [-0.39, 0.29) is 0 Å². The Bertz CT molecular complexity index is 472. The third-order valence-electron chi connectivity index (χ3n) is 4.78. The summed E-state index contributed by atoms with van der Waals surface area (Å²) < 4.78 is 0. The number of carboxylic acids is 1. The van der Waals surface area contributed by atoms with E-state index < -0.39 is 11.9 Å². The molecule has 0 saturated heterocycles. The highest BCUT2D eigenvalue weighted by molar-refractivity contribution is 5.76. The molecular formula is C15H22N2O2.